The highest BCUT2D eigenvalue weighted by Gasteiger charge is 2.06. The Hall–Kier alpha value is -1.72. The summed E-state index contributed by atoms with van der Waals surface area (Å²) in [4.78, 5) is 14.1. The van der Waals surface area contributed by atoms with E-state index in [1.54, 1.807) is 0 Å². The molecule has 11 heavy (non-hydrogen) atoms. The van der Waals surface area contributed by atoms with Gasteiger partial charge in [-0.05, 0) is 6.92 Å². The predicted octanol–water partition coefficient (Wildman–Crippen LogP) is -1.05. The van der Waals surface area contributed by atoms with E-state index in [2.05, 4.69) is 4.98 Å². The zero-order chi connectivity index (χ0) is 8.59. The van der Waals surface area contributed by atoms with E-state index in [0.717, 1.165) is 0 Å². The summed E-state index contributed by atoms with van der Waals surface area (Å²) >= 11 is 0. The highest BCUT2D eigenvalue weighted by atomic mass is 16.5. The van der Waals surface area contributed by atoms with Gasteiger partial charge in [0.2, 0.25) is 0 Å². The molecule has 0 saturated heterocycles. The van der Waals surface area contributed by atoms with E-state index >= 15 is 0 Å². The number of hydrogen-bond acceptors (Lipinski definition) is 5. The Morgan fingerprint density at radius 1 is 1.55 bits per heavy atom. The summed E-state index contributed by atoms with van der Waals surface area (Å²) in [5.41, 5.74) is 10.2. The maximum absolute atomic E-state index is 10.7. The molecule has 6 heteroatoms. The van der Waals surface area contributed by atoms with E-state index in [4.69, 9.17) is 16.7 Å². The van der Waals surface area contributed by atoms with Crippen molar-refractivity contribution in [2.75, 3.05) is 11.5 Å². The molecule has 0 atom stereocenters. The molecule has 0 saturated carbocycles. The summed E-state index contributed by atoms with van der Waals surface area (Å²) in [6, 6.07) is 0. The van der Waals surface area contributed by atoms with Crippen molar-refractivity contribution in [1.82, 2.24) is 9.71 Å². The predicted molar refractivity (Wildman–Crippen MR) is 39.2 cm³/mol. The van der Waals surface area contributed by atoms with Gasteiger partial charge in [0.25, 0.3) is 0 Å². The summed E-state index contributed by atoms with van der Waals surface area (Å²) in [6.45, 7) is 1.53. The van der Waals surface area contributed by atoms with E-state index in [1.807, 2.05) is 0 Å². The van der Waals surface area contributed by atoms with Gasteiger partial charge in [-0.2, -0.15) is 4.98 Å². The van der Waals surface area contributed by atoms with E-state index in [9.17, 15) is 4.79 Å². The average molecular weight is 156 g/mol. The number of hydrogen-bond donors (Lipinski definition) is 3. The highest BCUT2D eigenvalue weighted by molar-refractivity contribution is 5.60. The molecule has 1 aromatic heterocycles. The van der Waals surface area contributed by atoms with Crippen LogP contribution in [0.5, 0.6) is 0 Å². The van der Waals surface area contributed by atoms with Gasteiger partial charge in [0.05, 0.1) is 11.4 Å². The van der Waals surface area contributed by atoms with Crippen molar-refractivity contribution >= 4 is 11.5 Å². The molecule has 6 nitrogen and oxygen atoms in total. The van der Waals surface area contributed by atoms with Crippen LogP contribution in [-0.2, 0) is 0 Å². The van der Waals surface area contributed by atoms with E-state index in [-0.39, 0.29) is 16.2 Å². The van der Waals surface area contributed by atoms with E-state index in [0.29, 0.717) is 5.69 Å². The normalized spacial score (nSPS) is 9.91. The minimum Gasteiger partial charge on any atom is -0.422 e. The largest absolute Gasteiger partial charge is 0.422 e. The third kappa shape index (κ3) is 0.977. The second-order valence-electron chi connectivity index (χ2n) is 2.09. The Labute approximate surface area is 62.0 Å². The Kier molecular flexibility index (Phi) is 1.45. The van der Waals surface area contributed by atoms with Crippen molar-refractivity contribution in [3.8, 4) is 0 Å². The van der Waals surface area contributed by atoms with Crippen LogP contribution in [0.15, 0.2) is 4.79 Å². The molecule has 0 aliphatic rings. The van der Waals surface area contributed by atoms with Crippen LogP contribution in [0.3, 0.4) is 0 Å². The van der Waals surface area contributed by atoms with Crippen LogP contribution >= 0.6 is 0 Å². The molecule has 0 aromatic carbocycles. The summed E-state index contributed by atoms with van der Waals surface area (Å²) in [5, 5.41) is 8.85. The van der Waals surface area contributed by atoms with Crippen molar-refractivity contribution in [1.29, 1.82) is 0 Å². The number of nitrogens with zero attached hydrogens (tertiary/aromatic N) is 2. The Bertz CT molecular complexity index is 343. The zero-order valence-electron chi connectivity index (χ0n) is 5.90. The van der Waals surface area contributed by atoms with Crippen LogP contribution in [0, 0.1) is 6.92 Å². The molecule has 0 aliphatic carbocycles. The van der Waals surface area contributed by atoms with Crippen LogP contribution in [0.4, 0.5) is 11.5 Å². The fourth-order valence-electron chi connectivity index (χ4n) is 0.654. The number of nitrogen functional groups attached to an aromatic ring is 2. The van der Waals surface area contributed by atoms with Crippen LogP contribution in [-0.4, -0.2) is 14.9 Å². The molecule has 1 rings (SSSR count). The molecule has 1 aromatic rings. The molecule has 0 amide bonds. The van der Waals surface area contributed by atoms with Crippen molar-refractivity contribution in [2.45, 2.75) is 6.92 Å². The third-order valence-electron chi connectivity index (χ3n) is 1.34. The summed E-state index contributed by atoms with van der Waals surface area (Å²) in [5.74, 6) is -0.178. The van der Waals surface area contributed by atoms with Gasteiger partial charge in [0, 0.05) is 0 Å². The minimum atomic E-state index is -0.825. The van der Waals surface area contributed by atoms with Crippen molar-refractivity contribution in [2.24, 2.45) is 0 Å². The summed E-state index contributed by atoms with van der Waals surface area (Å²) < 4.78 is 0.211. The Morgan fingerprint density at radius 2 is 2.09 bits per heavy atom. The standard InChI is InChI=1S/C5H8N4O2/c1-2-3(6)4(7)9(11)5(10)8-2/h11H,6-7H2,1H3. The minimum absolute atomic E-state index is 0.118. The van der Waals surface area contributed by atoms with Gasteiger partial charge in [0.1, 0.15) is 0 Å². The van der Waals surface area contributed by atoms with Crippen molar-refractivity contribution in [3.63, 3.8) is 0 Å². The molecule has 0 radical (unpaired) electrons. The lowest BCUT2D eigenvalue weighted by Gasteiger charge is -2.04. The average Bonchev–Trinajstić information content (AvgIpc) is 1.97. The molecule has 60 valence electrons. The lowest BCUT2D eigenvalue weighted by molar-refractivity contribution is 0.177. The lowest BCUT2D eigenvalue weighted by atomic mass is 10.3. The molecule has 0 aliphatic heterocycles. The summed E-state index contributed by atoms with van der Waals surface area (Å²) in [6.07, 6.45) is 0. The fraction of sp³-hybridized carbons (Fsp3) is 0.200. The molecular formula is C5H8N4O2. The monoisotopic (exact) mass is 156 g/mol. The second-order valence-corrected chi connectivity index (χ2v) is 2.09. The topological polar surface area (TPSA) is 107 Å². The lowest BCUT2D eigenvalue weighted by Crippen LogP contribution is -2.25. The molecule has 0 spiro atoms. The SMILES string of the molecule is Cc1nc(=O)n(O)c(N)c1N. The van der Waals surface area contributed by atoms with Gasteiger partial charge >= 0.3 is 5.69 Å². The second kappa shape index (κ2) is 2.15. The van der Waals surface area contributed by atoms with E-state index in [1.165, 1.54) is 6.92 Å². The van der Waals surface area contributed by atoms with Crippen molar-refractivity contribution in [3.05, 3.63) is 16.2 Å². The summed E-state index contributed by atoms with van der Waals surface area (Å²) in [7, 11) is 0. The highest BCUT2D eigenvalue weighted by Crippen LogP contribution is 2.11. The number of aromatic nitrogens is 2. The number of nitrogens with two attached hydrogens (primary N) is 2. The Balaban J connectivity index is 3.59. The zero-order valence-corrected chi connectivity index (χ0v) is 5.90. The van der Waals surface area contributed by atoms with Crippen molar-refractivity contribution < 1.29 is 5.21 Å². The van der Waals surface area contributed by atoms with Crippen LogP contribution < -0.4 is 17.2 Å². The van der Waals surface area contributed by atoms with Crippen LogP contribution in [0.2, 0.25) is 0 Å². The van der Waals surface area contributed by atoms with E-state index < -0.39 is 5.69 Å². The first-order valence-corrected chi connectivity index (χ1v) is 2.88. The molecule has 0 fully saturated rings. The first kappa shape index (κ1) is 7.39. The Morgan fingerprint density at radius 3 is 2.64 bits per heavy atom. The molecule has 5 N–H and O–H groups in total. The smallest absolute Gasteiger partial charge is 0.382 e. The van der Waals surface area contributed by atoms with Crippen LogP contribution in [0.1, 0.15) is 5.69 Å². The molecule has 0 bridgehead atoms. The molecular weight excluding hydrogens is 148 g/mol. The first-order valence-electron chi connectivity index (χ1n) is 2.88. The van der Waals surface area contributed by atoms with Crippen LogP contribution in [0.25, 0.3) is 0 Å². The van der Waals surface area contributed by atoms with Gasteiger partial charge in [-0.3, -0.25) is 0 Å². The van der Waals surface area contributed by atoms with Gasteiger partial charge in [-0.25, -0.2) is 4.79 Å². The number of aryl methyl sites for hydroxylation is 1. The number of rotatable bonds is 0. The maximum Gasteiger partial charge on any atom is 0.382 e. The van der Waals surface area contributed by atoms with Gasteiger partial charge < -0.3 is 16.7 Å². The molecule has 0 unspecified atom stereocenters. The maximum atomic E-state index is 10.7. The quantitative estimate of drug-likeness (QED) is 0.415. The third-order valence-corrected chi connectivity index (χ3v) is 1.34. The van der Waals surface area contributed by atoms with Gasteiger partial charge in [0.15, 0.2) is 5.82 Å². The fourth-order valence-corrected chi connectivity index (χ4v) is 0.654. The van der Waals surface area contributed by atoms with Gasteiger partial charge in [-0.1, -0.05) is 0 Å². The molecule has 1 heterocycles. The van der Waals surface area contributed by atoms with Gasteiger partial charge in [-0.15, -0.1) is 4.73 Å². The first-order chi connectivity index (χ1) is 5.04. The number of anilines is 2.